The number of hydrogen-bond donors (Lipinski definition) is 2. The van der Waals surface area contributed by atoms with Gasteiger partial charge in [0.15, 0.2) is 0 Å². The van der Waals surface area contributed by atoms with Crippen LogP contribution in [0, 0.1) is 5.82 Å². The van der Waals surface area contributed by atoms with E-state index in [1.807, 2.05) is 13.8 Å². The van der Waals surface area contributed by atoms with Crippen LogP contribution in [0.15, 0.2) is 48.5 Å². The van der Waals surface area contributed by atoms with Crippen molar-refractivity contribution < 1.29 is 14.0 Å². The van der Waals surface area contributed by atoms with E-state index < -0.39 is 5.82 Å². The quantitative estimate of drug-likeness (QED) is 0.911. The number of benzene rings is 2. The van der Waals surface area contributed by atoms with Gasteiger partial charge in [-0.3, -0.25) is 9.59 Å². The van der Waals surface area contributed by atoms with Crippen LogP contribution >= 0.6 is 0 Å². The summed E-state index contributed by atoms with van der Waals surface area (Å²) in [6.07, 6.45) is 0. The molecule has 2 aromatic carbocycles. The molecule has 0 saturated heterocycles. The molecule has 2 amide bonds. The highest BCUT2D eigenvalue weighted by molar-refractivity contribution is 6.05. The molecule has 0 aliphatic carbocycles. The average Bonchev–Trinajstić information content (AvgIpc) is 2.47. The molecule has 0 saturated carbocycles. The number of carbonyl (C=O) groups excluding carboxylic acids is 2. The molecule has 0 aromatic heterocycles. The fourth-order valence-electron chi connectivity index (χ4n) is 1.89. The number of halogens is 1. The molecule has 2 N–H and O–H groups in total. The van der Waals surface area contributed by atoms with Crippen molar-refractivity contribution in [3.8, 4) is 0 Å². The molecule has 4 nitrogen and oxygen atoms in total. The zero-order valence-corrected chi connectivity index (χ0v) is 12.4. The Morgan fingerprint density at radius 1 is 0.955 bits per heavy atom. The Kier molecular flexibility index (Phi) is 4.88. The molecule has 0 fully saturated rings. The van der Waals surface area contributed by atoms with E-state index in [1.165, 1.54) is 24.3 Å². The van der Waals surface area contributed by atoms with Gasteiger partial charge in [-0.25, -0.2) is 4.39 Å². The second kappa shape index (κ2) is 6.85. The van der Waals surface area contributed by atoms with Gasteiger partial charge >= 0.3 is 0 Å². The first-order valence-electron chi connectivity index (χ1n) is 6.93. The van der Waals surface area contributed by atoms with Crippen molar-refractivity contribution in [2.45, 2.75) is 19.9 Å². The number of carbonyl (C=O) groups is 2. The summed E-state index contributed by atoms with van der Waals surface area (Å²) in [5, 5.41) is 5.47. The first-order valence-corrected chi connectivity index (χ1v) is 6.93. The first kappa shape index (κ1) is 15.7. The summed E-state index contributed by atoms with van der Waals surface area (Å²) < 4.78 is 12.8. The molecule has 5 heteroatoms. The van der Waals surface area contributed by atoms with Crippen LogP contribution in [0.3, 0.4) is 0 Å². The minimum atomic E-state index is -0.399. The predicted molar refractivity (Wildman–Crippen MR) is 83.4 cm³/mol. The van der Waals surface area contributed by atoms with E-state index in [9.17, 15) is 14.0 Å². The van der Waals surface area contributed by atoms with Crippen molar-refractivity contribution in [3.05, 3.63) is 65.5 Å². The monoisotopic (exact) mass is 300 g/mol. The molecular formula is C17H17FN2O2. The normalized spacial score (nSPS) is 10.4. The van der Waals surface area contributed by atoms with Gasteiger partial charge in [-0.05, 0) is 56.3 Å². The largest absolute Gasteiger partial charge is 0.350 e. The highest BCUT2D eigenvalue weighted by atomic mass is 19.1. The maximum Gasteiger partial charge on any atom is 0.255 e. The van der Waals surface area contributed by atoms with Crippen LogP contribution in [-0.4, -0.2) is 17.9 Å². The molecule has 0 radical (unpaired) electrons. The lowest BCUT2D eigenvalue weighted by atomic mass is 10.1. The molecule has 2 aromatic rings. The standard InChI is InChI=1S/C17H17FN2O2/c1-11(2)19-17(22)13-4-3-5-15(10-13)20-16(21)12-6-8-14(18)9-7-12/h3-11H,1-2H3,(H,19,22)(H,20,21). The Balaban J connectivity index is 2.11. The van der Waals surface area contributed by atoms with Gasteiger partial charge in [0.2, 0.25) is 0 Å². The number of hydrogen-bond acceptors (Lipinski definition) is 2. The summed E-state index contributed by atoms with van der Waals surface area (Å²) in [6, 6.07) is 11.9. The second-order valence-corrected chi connectivity index (χ2v) is 5.17. The smallest absolute Gasteiger partial charge is 0.255 e. The molecule has 0 atom stereocenters. The zero-order valence-electron chi connectivity index (χ0n) is 12.4. The summed E-state index contributed by atoms with van der Waals surface area (Å²) in [5.74, 6) is -0.960. The van der Waals surface area contributed by atoms with E-state index in [4.69, 9.17) is 0 Å². The number of rotatable bonds is 4. The fraction of sp³-hybridized carbons (Fsp3) is 0.176. The minimum absolute atomic E-state index is 0.0324. The highest BCUT2D eigenvalue weighted by Gasteiger charge is 2.10. The maximum absolute atomic E-state index is 12.8. The van der Waals surface area contributed by atoms with Crippen LogP contribution < -0.4 is 10.6 Å². The third-order valence-corrected chi connectivity index (χ3v) is 2.91. The molecule has 22 heavy (non-hydrogen) atoms. The Morgan fingerprint density at radius 3 is 2.27 bits per heavy atom. The molecule has 0 bridgehead atoms. The van der Waals surface area contributed by atoms with Gasteiger partial charge < -0.3 is 10.6 Å². The molecule has 0 spiro atoms. The molecule has 2 rings (SSSR count). The van der Waals surface area contributed by atoms with Gasteiger partial charge in [0.05, 0.1) is 0 Å². The lowest BCUT2D eigenvalue weighted by molar-refractivity contribution is 0.0941. The van der Waals surface area contributed by atoms with Gasteiger partial charge in [0, 0.05) is 22.9 Å². The average molecular weight is 300 g/mol. The molecule has 0 aliphatic heterocycles. The molecular weight excluding hydrogens is 283 g/mol. The van der Waals surface area contributed by atoms with Crippen molar-refractivity contribution in [3.63, 3.8) is 0 Å². The third-order valence-electron chi connectivity index (χ3n) is 2.91. The van der Waals surface area contributed by atoms with E-state index in [0.29, 0.717) is 16.8 Å². The predicted octanol–water partition coefficient (Wildman–Crippen LogP) is 3.22. The number of amides is 2. The van der Waals surface area contributed by atoms with Crippen molar-refractivity contribution in [2.75, 3.05) is 5.32 Å². The van der Waals surface area contributed by atoms with Gasteiger partial charge in [0.1, 0.15) is 5.82 Å². The number of anilines is 1. The SMILES string of the molecule is CC(C)NC(=O)c1cccc(NC(=O)c2ccc(F)cc2)c1. The lowest BCUT2D eigenvalue weighted by Gasteiger charge is -2.10. The molecule has 114 valence electrons. The summed E-state index contributed by atoms with van der Waals surface area (Å²) in [5.41, 5.74) is 1.31. The Labute approximate surface area is 128 Å². The van der Waals surface area contributed by atoms with Crippen molar-refractivity contribution in [1.29, 1.82) is 0 Å². The van der Waals surface area contributed by atoms with E-state index in [2.05, 4.69) is 10.6 Å². The van der Waals surface area contributed by atoms with Crippen LogP contribution in [-0.2, 0) is 0 Å². The summed E-state index contributed by atoms with van der Waals surface area (Å²) >= 11 is 0. The van der Waals surface area contributed by atoms with Gasteiger partial charge in [-0.15, -0.1) is 0 Å². The van der Waals surface area contributed by atoms with Crippen molar-refractivity contribution in [2.24, 2.45) is 0 Å². The second-order valence-electron chi connectivity index (χ2n) is 5.17. The van der Waals surface area contributed by atoms with Crippen LogP contribution in [0.1, 0.15) is 34.6 Å². The van der Waals surface area contributed by atoms with Crippen LogP contribution in [0.5, 0.6) is 0 Å². The minimum Gasteiger partial charge on any atom is -0.350 e. The van der Waals surface area contributed by atoms with E-state index >= 15 is 0 Å². The molecule has 0 heterocycles. The zero-order chi connectivity index (χ0) is 16.1. The molecule has 0 unspecified atom stereocenters. The van der Waals surface area contributed by atoms with Crippen LogP contribution in [0.4, 0.5) is 10.1 Å². The van der Waals surface area contributed by atoms with E-state index in [-0.39, 0.29) is 17.9 Å². The van der Waals surface area contributed by atoms with Crippen molar-refractivity contribution >= 4 is 17.5 Å². The topological polar surface area (TPSA) is 58.2 Å². The van der Waals surface area contributed by atoms with Gasteiger partial charge in [-0.2, -0.15) is 0 Å². The molecule has 0 aliphatic rings. The lowest BCUT2D eigenvalue weighted by Crippen LogP contribution is -2.30. The van der Waals surface area contributed by atoms with Crippen molar-refractivity contribution in [1.82, 2.24) is 5.32 Å². The summed E-state index contributed by atoms with van der Waals surface area (Å²) in [4.78, 5) is 24.0. The first-order chi connectivity index (χ1) is 10.5. The fourth-order valence-corrected chi connectivity index (χ4v) is 1.89. The maximum atomic E-state index is 12.8. The van der Waals surface area contributed by atoms with Gasteiger partial charge in [-0.1, -0.05) is 6.07 Å². The Hall–Kier alpha value is -2.69. The summed E-state index contributed by atoms with van der Waals surface area (Å²) in [6.45, 7) is 3.75. The Bertz CT molecular complexity index is 681. The van der Waals surface area contributed by atoms with E-state index in [0.717, 1.165) is 0 Å². The van der Waals surface area contributed by atoms with Crippen LogP contribution in [0.25, 0.3) is 0 Å². The van der Waals surface area contributed by atoms with Gasteiger partial charge in [0.25, 0.3) is 11.8 Å². The summed E-state index contributed by atoms with van der Waals surface area (Å²) in [7, 11) is 0. The Morgan fingerprint density at radius 2 is 1.64 bits per heavy atom. The third kappa shape index (κ3) is 4.15. The van der Waals surface area contributed by atoms with Crippen LogP contribution in [0.2, 0.25) is 0 Å². The highest BCUT2D eigenvalue weighted by Crippen LogP contribution is 2.13. The van der Waals surface area contributed by atoms with E-state index in [1.54, 1.807) is 24.3 Å². The number of nitrogens with one attached hydrogen (secondary N) is 2.